The molecule has 0 unspecified atom stereocenters. The van der Waals surface area contributed by atoms with Gasteiger partial charge in [0.05, 0.1) is 24.7 Å². The molecule has 9 heteroatoms. The molecular formula is C19H20N2O7. The summed E-state index contributed by atoms with van der Waals surface area (Å²) < 4.78 is 15.3. The smallest absolute Gasteiger partial charge is 0.345 e. The van der Waals surface area contributed by atoms with Crippen LogP contribution >= 0.6 is 0 Å². The molecule has 0 aliphatic heterocycles. The summed E-state index contributed by atoms with van der Waals surface area (Å²) in [6, 6.07) is 9.33. The SMILES string of the molecule is CCOc1cc([N+](=O)[O-])c(C(=O)OCC(=O)Nc2cccc(C)c2)cc1OC. The average Bonchev–Trinajstić information content (AvgIpc) is 2.66. The lowest BCUT2D eigenvalue weighted by Gasteiger charge is -2.12. The summed E-state index contributed by atoms with van der Waals surface area (Å²) in [6.07, 6.45) is 0. The second-order valence-electron chi connectivity index (χ2n) is 5.70. The molecule has 148 valence electrons. The van der Waals surface area contributed by atoms with E-state index in [1.807, 2.05) is 13.0 Å². The van der Waals surface area contributed by atoms with Crippen LogP contribution in [0.1, 0.15) is 22.8 Å². The summed E-state index contributed by atoms with van der Waals surface area (Å²) in [6.45, 7) is 3.24. The minimum absolute atomic E-state index is 0.130. The van der Waals surface area contributed by atoms with Gasteiger partial charge in [-0.05, 0) is 31.5 Å². The lowest BCUT2D eigenvalue weighted by molar-refractivity contribution is -0.385. The van der Waals surface area contributed by atoms with E-state index in [1.165, 1.54) is 7.11 Å². The van der Waals surface area contributed by atoms with Crippen molar-refractivity contribution in [3.63, 3.8) is 0 Å². The third kappa shape index (κ3) is 5.19. The fourth-order valence-corrected chi connectivity index (χ4v) is 2.42. The zero-order chi connectivity index (χ0) is 20.7. The molecular weight excluding hydrogens is 368 g/mol. The predicted octanol–water partition coefficient (Wildman–Crippen LogP) is 3.11. The van der Waals surface area contributed by atoms with Gasteiger partial charge in [0.1, 0.15) is 5.56 Å². The molecule has 1 N–H and O–H groups in total. The number of hydrogen-bond acceptors (Lipinski definition) is 7. The van der Waals surface area contributed by atoms with Gasteiger partial charge in [-0.25, -0.2) is 4.79 Å². The molecule has 0 atom stereocenters. The molecule has 2 aromatic rings. The molecule has 0 aliphatic carbocycles. The number of hydrogen-bond donors (Lipinski definition) is 1. The highest BCUT2D eigenvalue weighted by Gasteiger charge is 2.26. The summed E-state index contributed by atoms with van der Waals surface area (Å²) in [7, 11) is 1.34. The van der Waals surface area contributed by atoms with Crippen LogP contribution in [0, 0.1) is 17.0 Å². The van der Waals surface area contributed by atoms with E-state index < -0.39 is 29.1 Å². The van der Waals surface area contributed by atoms with Crippen LogP contribution in [0.5, 0.6) is 11.5 Å². The second kappa shape index (κ2) is 9.36. The molecule has 0 heterocycles. The maximum Gasteiger partial charge on any atom is 0.345 e. The number of nitro benzene ring substituents is 1. The maximum absolute atomic E-state index is 12.3. The van der Waals surface area contributed by atoms with Gasteiger partial charge in [-0.3, -0.25) is 14.9 Å². The Morgan fingerprint density at radius 1 is 1.18 bits per heavy atom. The van der Waals surface area contributed by atoms with Gasteiger partial charge >= 0.3 is 5.97 Å². The highest BCUT2D eigenvalue weighted by Crippen LogP contribution is 2.35. The molecule has 0 spiro atoms. The molecule has 0 aromatic heterocycles. The quantitative estimate of drug-likeness (QED) is 0.419. The second-order valence-corrected chi connectivity index (χ2v) is 5.70. The van der Waals surface area contributed by atoms with Gasteiger partial charge in [0.2, 0.25) is 0 Å². The summed E-state index contributed by atoms with van der Waals surface area (Å²) in [5.74, 6) is -1.32. The first-order chi connectivity index (χ1) is 13.3. The predicted molar refractivity (Wildman–Crippen MR) is 101 cm³/mol. The van der Waals surface area contributed by atoms with Crippen LogP contribution in [0.2, 0.25) is 0 Å². The molecule has 2 aromatic carbocycles. The van der Waals surface area contributed by atoms with Crippen molar-refractivity contribution in [1.82, 2.24) is 0 Å². The standard InChI is InChI=1S/C19H20N2O7/c1-4-27-17-10-15(21(24)25)14(9-16(17)26-3)19(23)28-11-18(22)20-13-7-5-6-12(2)8-13/h5-10H,4,11H2,1-3H3,(H,20,22). The fourth-order valence-electron chi connectivity index (χ4n) is 2.42. The first kappa shape index (κ1) is 20.7. The van der Waals surface area contributed by atoms with Crippen molar-refractivity contribution >= 4 is 23.3 Å². The molecule has 1 amide bonds. The van der Waals surface area contributed by atoms with E-state index in [1.54, 1.807) is 25.1 Å². The van der Waals surface area contributed by atoms with E-state index in [0.29, 0.717) is 5.69 Å². The monoisotopic (exact) mass is 388 g/mol. The van der Waals surface area contributed by atoms with E-state index in [-0.39, 0.29) is 23.7 Å². The van der Waals surface area contributed by atoms with Crippen molar-refractivity contribution in [2.24, 2.45) is 0 Å². The van der Waals surface area contributed by atoms with Gasteiger partial charge in [-0.2, -0.15) is 0 Å². The van der Waals surface area contributed by atoms with Gasteiger partial charge in [0.25, 0.3) is 11.6 Å². The highest BCUT2D eigenvalue weighted by molar-refractivity contribution is 5.98. The third-order valence-electron chi connectivity index (χ3n) is 3.63. The first-order valence-electron chi connectivity index (χ1n) is 8.38. The van der Waals surface area contributed by atoms with Crippen LogP contribution < -0.4 is 14.8 Å². The number of amides is 1. The molecule has 0 radical (unpaired) electrons. The zero-order valence-electron chi connectivity index (χ0n) is 15.7. The number of nitrogens with zero attached hydrogens (tertiary/aromatic N) is 1. The van der Waals surface area contributed by atoms with Gasteiger partial charge in [0, 0.05) is 11.8 Å². The number of nitro groups is 1. The number of esters is 1. The molecule has 0 saturated heterocycles. The van der Waals surface area contributed by atoms with Crippen LogP contribution in [0.4, 0.5) is 11.4 Å². The third-order valence-corrected chi connectivity index (χ3v) is 3.63. The Morgan fingerprint density at radius 3 is 2.54 bits per heavy atom. The molecule has 0 bridgehead atoms. The lowest BCUT2D eigenvalue weighted by atomic mass is 10.1. The van der Waals surface area contributed by atoms with Gasteiger partial charge in [-0.15, -0.1) is 0 Å². The number of nitrogens with one attached hydrogen (secondary N) is 1. The first-order valence-corrected chi connectivity index (χ1v) is 8.38. The van der Waals surface area contributed by atoms with Gasteiger partial charge in [0.15, 0.2) is 18.1 Å². The minimum atomic E-state index is -1.02. The van der Waals surface area contributed by atoms with Crippen molar-refractivity contribution in [3.05, 3.63) is 57.6 Å². The van der Waals surface area contributed by atoms with Crippen molar-refractivity contribution < 1.29 is 28.7 Å². The number of methoxy groups -OCH3 is 1. The van der Waals surface area contributed by atoms with Crippen LogP contribution in [0.3, 0.4) is 0 Å². The topological polar surface area (TPSA) is 117 Å². The zero-order valence-corrected chi connectivity index (χ0v) is 15.7. The lowest BCUT2D eigenvalue weighted by Crippen LogP contribution is -2.21. The fraction of sp³-hybridized carbons (Fsp3) is 0.263. The van der Waals surface area contributed by atoms with E-state index in [0.717, 1.165) is 17.7 Å². The summed E-state index contributed by atoms with van der Waals surface area (Å²) in [5.41, 5.74) is 0.656. The van der Waals surface area contributed by atoms with Crippen molar-refractivity contribution in [1.29, 1.82) is 0 Å². The summed E-state index contributed by atoms with van der Waals surface area (Å²) in [5, 5.41) is 13.9. The Labute approximate surface area is 161 Å². The number of carbonyl (C=O) groups is 2. The Morgan fingerprint density at radius 2 is 1.93 bits per heavy atom. The molecule has 28 heavy (non-hydrogen) atoms. The molecule has 9 nitrogen and oxygen atoms in total. The van der Waals surface area contributed by atoms with Crippen LogP contribution in [-0.2, 0) is 9.53 Å². The van der Waals surface area contributed by atoms with Crippen LogP contribution in [0.25, 0.3) is 0 Å². The normalized spacial score (nSPS) is 10.1. The van der Waals surface area contributed by atoms with E-state index in [9.17, 15) is 19.7 Å². The van der Waals surface area contributed by atoms with E-state index in [2.05, 4.69) is 5.32 Å². The molecule has 0 aliphatic rings. The Kier molecular flexibility index (Phi) is 6.91. The number of aryl methyl sites for hydroxylation is 1. The molecule has 0 fully saturated rings. The number of carbonyl (C=O) groups excluding carboxylic acids is 2. The number of rotatable bonds is 8. The average molecular weight is 388 g/mol. The van der Waals surface area contributed by atoms with Gasteiger partial charge in [-0.1, -0.05) is 12.1 Å². The van der Waals surface area contributed by atoms with Crippen LogP contribution in [0.15, 0.2) is 36.4 Å². The summed E-state index contributed by atoms with van der Waals surface area (Å²) in [4.78, 5) is 34.9. The summed E-state index contributed by atoms with van der Waals surface area (Å²) >= 11 is 0. The Hall–Kier alpha value is -3.62. The minimum Gasteiger partial charge on any atom is -0.493 e. The van der Waals surface area contributed by atoms with E-state index >= 15 is 0 Å². The van der Waals surface area contributed by atoms with Gasteiger partial charge < -0.3 is 19.5 Å². The maximum atomic E-state index is 12.3. The van der Waals surface area contributed by atoms with Crippen molar-refractivity contribution in [2.45, 2.75) is 13.8 Å². The van der Waals surface area contributed by atoms with E-state index in [4.69, 9.17) is 14.2 Å². The number of anilines is 1. The Balaban J connectivity index is 2.14. The number of ether oxygens (including phenoxy) is 3. The Bertz CT molecular complexity index is 896. The molecule has 0 saturated carbocycles. The number of benzene rings is 2. The van der Waals surface area contributed by atoms with Crippen LogP contribution in [-0.4, -0.2) is 37.1 Å². The largest absolute Gasteiger partial charge is 0.493 e. The van der Waals surface area contributed by atoms with Crippen molar-refractivity contribution in [3.8, 4) is 11.5 Å². The van der Waals surface area contributed by atoms with Crippen molar-refractivity contribution in [2.75, 3.05) is 25.6 Å². The highest BCUT2D eigenvalue weighted by atomic mass is 16.6. The molecule has 2 rings (SSSR count).